The lowest BCUT2D eigenvalue weighted by Crippen LogP contribution is -2.35. The summed E-state index contributed by atoms with van der Waals surface area (Å²) < 4.78 is 13.5. The molecule has 0 N–H and O–H groups in total. The van der Waals surface area contributed by atoms with Crippen LogP contribution in [0.5, 0.6) is 0 Å². The standard InChI is InChI=1S/C10H8BrFO2/c11-7-2-1-6(5-8(7)12)10(3-4-10)9(13)14/h1-2,5H,3-4H2,(H,13,14)/p-1. The van der Waals surface area contributed by atoms with Gasteiger partial charge in [-0.05, 0) is 46.5 Å². The van der Waals surface area contributed by atoms with E-state index in [1.165, 1.54) is 12.1 Å². The van der Waals surface area contributed by atoms with Gasteiger partial charge in [-0.25, -0.2) is 4.39 Å². The molecular weight excluding hydrogens is 251 g/mol. The number of carbonyl (C=O) groups excluding carboxylic acids is 1. The van der Waals surface area contributed by atoms with Gasteiger partial charge in [0.2, 0.25) is 0 Å². The summed E-state index contributed by atoms with van der Waals surface area (Å²) in [6, 6.07) is 4.40. The number of benzene rings is 1. The Balaban J connectivity index is 2.43. The molecule has 0 heterocycles. The molecule has 4 heteroatoms. The summed E-state index contributed by atoms with van der Waals surface area (Å²) in [6.07, 6.45) is 1.08. The van der Waals surface area contributed by atoms with E-state index >= 15 is 0 Å². The Bertz CT molecular complexity index is 399. The Morgan fingerprint density at radius 1 is 1.50 bits per heavy atom. The molecule has 14 heavy (non-hydrogen) atoms. The fourth-order valence-corrected chi connectivity index (χ4v) is 1.78. The van der Waals surface area contributed by atoms with Gasteiger partial charge < -0.3 is 9.90 Å². The first-order valence-corrected chi connectivity index (χ1v) is 5.02. The van der Waals surface area contributed by atoms with Gasteiger partial charge in [0.25, 0.3) is 0 Å². The van der Waals surface area contributed by atoms with E-state index in [0.29, 0.717) is 22.9 Å². The summed E-state index contributed by atoms with van der Waals surface area (Å²) in [5.41, 5.74) is -0.431. The van der Waals surface area contributed by atoms with Gasteiger partial charge in [0.15, 0.2) is 0 Å². The van der Waals surface area contributed by atoms with Gasteiger partial charge >= 0.3 is 0 Å². The van der Waals surface area contributed by atoms with Crippen LogP contribution in [0.3, 0.4) is 0 Å². The zero-order chi connectivity index (χ0) is 10.3. The van der Waals surface area contributed by atoms with Gasteiger partial charge in [-0.1, -0.05) is 6.07 Å². The molecule has 74 valence electrons. The zero-order valence-electron chi connectivity index (χ0n) is 7.22. The van der Waals surface area contributed by atoms with Crippen LogP contribution in [0.4, 0.5) is 4.39 Å². The number of carboxylic acids is 1. The summed E-state index contributed by atoms with van der Waals surface area (Å²) in [7, 11) is 0. The average molecular weight is 258 g/mol. The highest BCUT2D eigenvalue weighted by molar-refractivity contribution is 9.10. The predicted molar refractivity (Wildman–Crippen MR) is 50.0 cm³/mol. The first-order valence-electron chi connectivity index (χ1n) is 4.23. The molecule has 1 aromatic rings. The van der Waals surface area contributed by atoms with Crippen molar-refractivity contribution in [3.63, 3.8) is 0 Å². The molecule has 2 rings (SSSR count). The monoisotopic (exact) mass is 257 g/mol. The van der Waals surface area contributed by atoms with Crippen molar-refractivity contribution >= 4 is 21.9 Å². The quantitative estimate of drug-likeness (QED) is 0.803. The normalized spacial score (nSPS) is 17.9. The molecule has 0 spiro atoms. The van der Waals surface area contributed by atoms with Gasteiger partial charge in [0, 0.05) is 5.41 Å². The van der Waals surface area contributed by atoms with Crippen LogP contribution in [0.2, 0.25) is 0 Å². The van der Waals surface area contributed by atoms with Crippen LogP contribution < -0.4 is 5.11 Å². The van der Waals surface area contributed by atoms with Gasteiger partial charge in [0.05, 0.1) is 10.4 Å². The van der Waals surface area contributed by atoms with Crippen molar-refractivity contribution in [1.29, 1.82) is 0 Å². The number of hydrogen-bond acceptors (Lipinski definition) is 2. The van der Waals surface area contributed by atoms with Crippen LogP contribution in [-0.4, -0.2) is 5.97 Å². The molecule has 1 aliphatic rings. The Morgan fingerprint density at radius 3 is 2.57 bits per heavy atom. The van der Waals surface area contributed by atoms with Crippen LogP contribution in [0.25, 0.3) is 0 Å². The maximum absolute atomic E-state index is 13.1. The second-order valence-corrected chi connectivity index (χ2v) is 4.35. The molecule has 0 amide bonds. The van der Waals surface area contributed by atoms with Crippen molar-refractivity contribution in [1.82, 2.24) is 0 Å². The largest absolute Gasteiger partial charge is 0.549 e. The van der Waals surface area contributed by atoms with E-state index in [-0.39, 0.29) is 0 Å². The maximum atomic E-state index is 13.1. The third-order valence-corrected chi connectivity index (χ3v) is 3.26. The Hall–Kier alpha value is -0.900. The topological polar surface area (TPSA) is 40.1 Å². The van der Waals surface area contributed by atoms with Crippen molar-refractivity contribution in [2.75, 3.05) is 0 Å². The van der Waals surface area contributed by atoms with Gasteiger partial charge in [0.1, 0.15) is 5.82 Å². The molecule has 0 saturated heterocycles. The van der Waals surface area contributed by atoms with Crippen LogP contribution >= 0.6 is 15.9 Å². The van der Waals surface area contributed by atoms with E-state index in [2.05, 4.69) is 15.9 Å². The molecule has 0 bridgehead atoms. The molecule has 1 aromatic carbocycles. The molecule has 1 saturated carbocycles. The molecule has 0 atom stereocenters. The van der Waals surface area contributed by atoms with E-state index in [4.69, 9.17) is 0 Å². The van der Waals surface area contributed by atoms with Crippen molar-refractivity contribution in [2.24, 2.45) is 0 Å². The SMILES string of the molecule is O=C([O-])C1(c2ccc(Br)c(F)c2)CC1. The minimum absolute atomic E-state index is 0.343. The zero-order valence-corrected chi connectivity index (χ0v) is 8.80. The summed E-state index contributed by atoms with van der Waals surface area (Å²) in [5.74, 6) is -1.55. The second-order valence-electron chi connectivity index (χ2n) is 3.50. The minimum Gasteiger partial charge on any atom is -0.549 e. The number of halogens is 2. The van der Waals surface area contributed by atoms with E-state index in [0.717, 1.165) is 0 Å². The third kappa shape index (κ3) is 1.34. The summed E-state index contributed by atoms with van der Waals surface area (Å²) in [6.45, 7) is 0. The average Bonchev–Trinajstić information content (AvgIpc) is 2.90. The Kier molecular flexibility index (Phi) is 2.10. The lowest BCUT2D eigenvalue weighted by atomic mass is 9.96. The van der Waals surface area contributed by atoms with Crippen molar-refractivity contribution < 1.29 is 14.3 Å². The van der Waals surface area contributed by atoms with E-state index < -0.39 is 17.2 Å². The van der Waals surface area contributed by atoms with E-state index in [9.17, 15) is 14.3 Å². The molecular formula is C10H7BrFO2-. The van der Waals surface area contributed by atoms with E-state index in [1.54, 1.807) is 6.07 Å². The van der Waals surface area contributed by atoms with Crippen LogP contribution in [0.1, 0.15) is 18.4 Å². The summed E-state index contributed by atoms with van der Waals surface area (Å²) >= 11 is 3.02. The molecule has 0 radical (unpaired) electrons. The predicted octanol–water partition coefficient (Wildman–Crippen LogP) is 1.37. The summed E-state index contributed by atoms with van der Waals surface area (Å²) in [5, 5.41) is 10.8. The molecule has 2 nitrogen and oxygen atoms in total. The summed E-state index contributed by atoms with van der Waals surface area (Å²) in [4.78, 5) is 10.8. The van der Waals surface area contributed by atoms with Crippen LogP contribution in [-0.2, 0) is 10.2 Å². The number of carbonyl (C=O) groups is 1. The highest BCUT2D eigenvalue weighted by Gasteiger charge is 2.46. The molecule has 0 aromatic heterocycles. The molecule has 0 unspecified atom stereocenters. The van der Waals surface area contributed by atoms with Crippen molar-refractivity contribution in [3.8, 4) is 0 Å². The molecule has 1 aliphatic carbocycles. The molecule has 1 fully saturated rings. The number of aliphatic carboxylic acids is 1. The second kappa shape index (κ2) is 3.05. The number of rotatable bonds is 2. The smallest absolute Gasteiger partial charge is 0.137 e. The molecule has 0 aliphatic heterocycles. The van der Waals surface area contributed by atoms with Crippen LogP contribution in [0.15, 0.2) is 22.7 Å². The van der Waals surface area contributed by atoms with Crippen molar-refractivity contribution in [2.45, 2.75) is 18.3 Å². The highest BCUT2D eigenvalue weighted by Crippen LogP contribution is 2.48. The van der Waals surface area contributed by atoms with Crippen LogP contribution in [0, 0.1) is 5.82 Å². The van der Waals surface area contributed by atoms with E-state index in [1.807, 2.05) is 0 Å². The highest BCUT2D eigenvalue weighted by atomic mass is 79.9. The fraction of sp³-hybridized carbons (Fsp3) is 0.300. The lowest BCUT2D eigenvalue weighted by molar-refractivity contribution is -0.309. The number of carboxylic acid groups (broad SMARTS) is 1. The minimum atomic E-state index is -1.11. The number of hydrogen-bond donors (Lipinski definition) is 0. The Labute approximate surface area is 88.9 Å². The Morgan fingerprint density at radius 2 is 2.14 bits per heavy atom. The third-order valence-electron chi connectivity index (χ3n) is 2.61. The van der Waals surface area contributed by atoms with Gasteiger partial charge in [-0.3, -0.25) is 0 Å². The van der Waals surface area contributed by atoms with Gasteiger partial charge in [-0.15, -0.1) is 0 Å². The maximum Gasteiger partial charge on any atom is 0.137 e. The first kappa shape index (κ1) is 9.65. The fourth-order valence-electron chi connectivity index (χ4n) is 1.53. The first-order chi connectivity index (χ1) is 6.56. The van der Waals surface area contributed by atoms with Gasteiger partial charge in [-0.2, -0.15) is 0 Å². The lowest BCUT2D eigenvalue weighted by Gasteiger charge is -2.16. The van der Waals surface area contributed by atoms with Crippen molar-refractivity contribution in [3.05, 3.63) is 34.1 Å².